The van der Waals surface area contributed by atoms with Crippen LogP contribution in [0.25, 0.3) is 0 Å². The highest BCUT2D eigenvalue weighted by Crippen LogP contribution is 2.17. The molecule has 0 saturated heterocycles. The van der Waals surface area contributed by atoms with Crippen LogP contribution in [0.5, 0.6) is 0 Å². The summed E-state index contributed by atoms with van der Waals surface area (Å²) in [6, 6.07) is 8.13. The Hall–Kier alpha value is -1.32. The first-order valence-corrected chi connectivity index (χ1v) is 4.73. The van der Waals surface area contributed by atoms with Crippen LogP contribution < -0.4 is 11.1 Å². The zero-order valence-corrected chi connectivity index (χ0v) is 7.94. The standard InChI is InChI=1S/C11H14N2O/c12-8-9-2-4-10(5-3-9)11-13-6-1-7-14-11/h1-5,7,11,13H,6,8,12H2. The Labute approximate surface area is 83.6 Å². The number of nitrogens with two attached hydrogens (primary N) is 1. The summed E-state index contributed by atoms with van der Waals surface area (Å²) in [5.41, 5.74) is 7.79. The van der Waals surface area contributed by atoms with Crippen molar-refractivity contribution in [3.05, 3.63) is 47.7 Å². The molecule has 1 aromatic carbocycles. The van der Waals surface area contributed by atoms with E-state index in [1.54, 1.807) is 6.26 Å². The number of ether oxygens (including phenoxy) is 1. The van der Waals surface area contributed by atoms with Crippen molar-refractivity contribution in [3.8, 4) is 0 Å². The lowest BCUT2D eigenvalue weighted by Crippen LogP contribution is -2.25. The first kappa shape index (κ1) is 9.24. The molecule has 0 amide bonds. The summed E-state index contributed by atoms with van der Waals surface area (Å²) in [5.74, 6) is 0. The van der Waals surface area contributed by atoms with Gasteiger partial charge in [0, 0.05) is 18.7 Å². The van der Waals surface area contributed by atoms with Crippen molar-refractivity contribution in [2.24, 2.45) is 5.73 Å². The highest BCUT2D eigenvalue weighted by Gasteiger charge is 2.11. The Morgan fingerprint density at radius 2 is 2.14 bits per heavy atom. The summed E-state index contributed by atoms with van der Waals surface area (Å²) in [6.07, 6.45) is 3.66. The largest absolute Gasteiger partial charge is 0.479 e. The fraction of sp³-hybridized carbons (Fsp3) is 0.273. The maximum atomic E-state index is 5.52. The molecule has 0 saturated carbocycles. The lowest BCUT2D eigenvalue weighted by atomic mass is 10.1. The minimum Gasteiger partial charge on any atom is -0.479 e. The van der Waals surface area contributed by atoms with Gasteiger partial charge in [-0.1, -0.05) is 24.3 Å². The molecule has 1 aliphatic rings. The van der Waals surface area contributed by atoms with Crippen molar-refractivity contribution < 1.29 is 4.74 Å². The molecule has 0 bridgehead atoms. The molecular weight excluding hydrogens is 176 g/mol. The van der Waals surface area contributed by atoms with Crippen LogP contribution >= 0.6 is 0 Å². The Morgan fingerprint density at radius 3 is 2.71 bits per heavy atom. The maximum absolute atomic E-state index is 5.52. The normalized spacial score (nSPS) is 20.5. The van der Waals surface area contributed by atoms with Gasteiger partial charge in [-0.25, -0.2) is 0 Å². The van der Waals surface area contributed by atoms with E-state index in [0.29, 0.717) is 6.54 Å². The van der Waals surface area contributed by atoms with Crippen LogP contribution in [0, 0.1) is 0 Å². The summed E-state index contributed by atoms with van der Waals surface area (Å²) in [7, 11) is 0. The predicted octanol–water partition coefficient (Wildman–Crippen LogP) is 1.28. The maximum Gasteiger partial charge on any atom is 0.175 e. The summed E-state index contributed by atoms with van der Waals surface area (Å²) in [4.78, 5) is 0. The summed E-state index contributed by atoms with van der Waals surface area (Å²) in [5, 5.41) is 3.23. The monoisotopic (exact) mass is 190 g/mol. The molecule has 1 aromatic rings. The fourth-order valence-corrected chi connectivity index (χ4v) is 1.43. The lowest BCUT2D eigenvalue weighted by Gasteiger charge is -2.21. The fourth-order valence-electron chi connectivity index (χ4n) is 1.43. The Kier molecular flexibility index (Phi) is 2.81. The minimum absolute atomic E-state index is 0.0215. The zero-order chi connectivity index (χ0) is 9.80. The van der Waals surface area contributed by atoms with Gasteiger partial charge in [0.15, 0.2) is 6.23 Å². The molecule has 3 nitrogen and oxygen atoms in total. The quantitative estimate of drug-likeness (QED) is 0.738. The molecular formula is C11H14N2O. The predicted molar refractivity (Wildman–Crippen MR) is 55.3 cm³/mol. The molecule has 14 heavy (non-hydrogen) atoms. The van der Waals surface area contributed by atoms with E-state index in [0.717, 1.165) is 17.7 Å². The van der Waals surface area contributed by atoms with Crippen molar-refractivity contribution in [2.75, 3.05) is 6.54 Å². The Balaban J connectivity index is 2.12. The SMILES string of the molecule is NCc1ccc(C2NCC=CO2)cc1. The second kappa shape index (κ2) is 4.26. The summed E-state index contributed by atoms with van der Waals surface area (Å²) >= 11 is 0. The topological polar surface area (TPSA) is 47.3 Å². The minimum atomic E-state index is -0.0215. The molecule has 0 aliphatic carbocycles. The highest BCUT2D eigenvalue weighted by molar-refractivity contribution is 5.24. The van der Waals surface area contributed by atoms with Crippen LogP contribution in [0.2, 0.25) is 0 Å². The van der Waals surface area contributed by atoms with Crippen LogP contribution in [-0.2, 0) is 11.3 Å². The molecule has 0 spiro atoms. The van der Waals surface area contributed by atoms with Crippen molar-refractivity contribution in [3.63, 3.8) is 0 Å². The van der Waals surface area contributed by atoms with Gasteiger partial charge in [0.2, 0.25) is 0 Å². The van der Waals surface area contributed by atoms with E-state index in [1.807, 2.05) is 30.3 Å². The van der Waals surface area contributed by atoms with Crippen LogP contribution in [0.4, 0.5) is 0 Å². The molecule has 1 aliphatic heterocycles. The van der Waals surface area contributed by atoms with Gasteiger partial charge in [-0.2, -0.15) is 0 Å². The average Bonchev–Trinajstić information content (AvgIpc) is 2.30. The van der Waals surface area contributed by atoms with Crippen molar-refractivity contribution in [2.45, 2.75) is 12.8 Å². The molecule has 3 N–H and O–H groups in total. The second-order valence-corrected chi connectivity index (χ2v) is 3.24. The smallest absolute Gasteiger partial charge is 0.175 e. The zero-order valence-electron chi connectivity index (χ0n) is 7.94. The van der Waals surface area contributed by atoms with E-state index in [-0.39, 0.29) is 6.23 Å². The molecule has 2 rings (SSSR count). The number of rotatable bonds is 2. The van der Waals surface area contributed by atoms with E-state index < -0.39 is 0 Å². The third-order valence-corrected chi connectivity index (χ3v) is 2.25. The second-order valence-electron chi connectivity index (χ2n) is 3.24. The molecule has 1 unspecified atom stereocenters. The first-order chi connectivity index (χ1) is 6.90. The van der Waals surface area contributed by atoms with E-state index in [2.05, 4.69) is 5.32 Å². The third-order valence-electron chi connectivity index (χ3n) is 2.25. The van der Waals surface area contributed by atoms with Gasteiger partial charge in [0.1, 0.15) is 0 Å². The Morgan fingerprint density at radius 1 is 1.36 bits per heavy atom. The molecule has 0 radical (unpaired) electrons. The van der Waals surface area contributed by atoms with Crippen LogP contribution in [0.1, 0.15) is 17.4 Å². The van der Waals surface area contributed by atoms with Gasteiger partial charge < -0.3 is 10.5 Å². The van der Waals surface area contributed by atoms with Crippen molar-refractivity contribution >= 4 is 0 Å². The van der Waals surface area contributed by atoms with Crippen LogP contribution in [0.3, 0.4) is 0 Å². The number of benzene rings is 1. The Bertz CT molecular complexity index is 319. The molecule has 74 valence electrons. The van der Waals surface area contributed by atoms with E-state index in [1.165, 1.54) is 0 Å². The van der Waals surface area contributed by atoms with Crippen LogP contribution in [0.15, 0.2) is 36.6 Å². The van der Waals surface area contributed by atoms with Crippen molar-refractivity contribution in [1.82, 2.24) is 5.32 Å². The molecule has 3 heteroatoms. The average molecular weight is 190 g/mol. The molecule has 0 fully saturated rings. The third kappa shape index (κ3) is 1.95. The highest BCUT2D eigenvalue weighted by atomic mass is 16.5. The van der Waals surface area contributed by atoms with Gasteiger partial charge in [0.25, 0.3) is 0 Å². The summed E-state index contributed by atoms with van der Waals surface area (Å²) < 4.78 is 5.41. The number of hydrogen-bond acceptors (Lipinski definition) is 3. The summed E-state index contributed by atoms with van der Waals surface area (Å²) in [6.45, 7) is 1.43. The number of hydrogen-bond donors (Lipinski definition) is 2. The number of nitrogens with one attached hydrogen (secondary N) is 1. The van der Waals surface area contributed by atoms with Crippen molar-refractivity contribution in [1.29, 1.82) is 0 Å². The van der Waals surface area contributed by atoms with Gasteiger partial charge in [-0.3, -0.25) is 5.32 Å². The molecule has 1 heterocycles. The van der Waals surface area contributed by atoms with Gasteiger partial charge in [-0.15, -0.1) is 0 Å². The van der Waals surface area contributed by atoms with Gasteiger partial charge >= 0.3 is 0 Å². The lowest BCUT2D eigenvalue weighted by molar-refractivity contribution is 0.104. The molecule has 0 aromatic heterocycles. The van der Waals surface area contributed by atoms with Crippen LogP contribution in [-0.4, -0.2) is 6.54 Å². The van der Waals surface area contributed by atoms with Gasteiger partial charge in [-0.05, 0) is 11.6 Å². The van der Waals surface area contributed by atoms with E-state index in [4.69, 9.17) is 10.5 Å². The molecule has 1 atom stereocenters. The van der Waals surface area contributed by atoms with E-state index in [9.17, 15) is 0 Å². The van der Waals surface area contributed by atoms with Gasteiger partial charge in [0.05, 0.1) is 6.26 Å². The van der Waals surface area contributed by atoms with E-state index >= 15 is 0 Å². The first-order valence-electron chi connectivity index (χ1n) is 4.73.